The van der Waals surface area contributed by atoms with Crippen molar-refractivity contribution in [2.75, 3.05) is 5.73 Å². The summed E-state index contributed by atoms with van der Waals surface area (Å²) in [6, 6.07) is 6.79. The summed E-state index contributed by atoms with van der Waals surface area (Å²) in [5.74, 6) is 0.722. The fraction of sp³-hybridized carbons (Fsp3) is 0.200. The first-order chi connectivity index (χ1) is 10.2. The average Bonchev–Trinajstić information content (AvgIpc) is 3.12. The molecule has 0 aliphatic carbocycles. The second-order valence-corrected chi connectivity index (χ2v) is 4.82. The van der Waals surface area contributed by atoms with Gasteiger partial charge >= 0.3 is 0 Å². The van der Waals surface area contributed by atoms with E-state index in [0.29, 0.717) is 11.3 Å². The van der Waals surface area contributed by atoms with E-state index in [9.17, 15) is 4.79 Å². The SMILES string of the molecule is CCC(NC(=O)c1cc2cc(N)ccc2o1)c1ncc[nH]1. The molecule has 0 spiro atoms. The zero-order chi connectivity index (χ0) is 14.8. The number of nitrogens with one attached hydrogen (secondary N) is 2. The van der Waals surface area contributed by atoms with Crippen LogP contribution < -0.4 is 11.1 Å². The van der Waals surface area contributed by atoms with Crippen LogP contribution >= 0.6 is 0 Å². The minimum atomic E-state index is -0.270. The summed E-state index contributed by atoms with van der Waals surface area (Å²) in [7, 11) is 0. The monoisotopic (exact) mass is 284 g/mol. The van der Waals surface area contributed by atoms with E-state index in [-0.39, 0.29) is 17.7 Å². The second kappa shape index (κ2) is 5.32. The van der Waals surface area contributed by atoms with Gasteiger partial charge in [-0.2, -0.15) is 0 Å². The van der Waals surface area contributed by atoms with Crippen LogP contribution in [0.4, 0.5) is 5.69 Å². The number of hydrogen-bond donors (Lipinski definition) is 3. The smallest absolute Gasteiger partial charge is 0.287 e. The summed E-state index contributed by atoms with van der Waals surface area (Å²) in [5, 5.41) is 3.71. The number of furan rings is 1. The van der Waals surface area contributed by atoms with Gasteiger partial charge in [-0.05, 0) is 30.7 Å². The van der Waals surface area contributed by atoms with E-state index in [1.807, 2.05) is 6.92 Å². The Morgan fingerprint density at radius 2 is 2.33 bits per heavy atom. The lowest BCUT2D eigenvalue weighted by Gasteiger charge is -2.13. The molecule has 3 aromatic rings. The number of amides is 1. The minimum absolute atomic E-state index is 0.175. The third-order valence-electron chi connectivity index (χ3n) is 3.33. The lowest BCUT2D eigenvalue weighted by molar-refractivity contribution is 0.0908. The van der Waals surface area contributed by atoms with Crippen LogP contribution in [-0.2, 0) is 0 Å². The van der Waals surface area contributed by atoms with Crippen LogP contribution in [0.1, 0.15) is 35.8 Å². The molecule has 2 aromatic heterocycles. The normalized spacial score (nSPS) is 12.4. The molecule has 0 aliphatic heterocycles. The van der Waals surface area contributed by atoms with E-state index in [1.54, 1.807) is 36.7 Å². The summed E-state index contributed by atoms with van der Waals surface area (Å²) in [5.41, 5.74) is 7.00. The van der Waals surface area contributed by atoms with Crippen molar-refractivity contribution < 1.29 is 9.21 Å². The van der Waals surface area contributed by atoms with Gasteiger partial charge in [0.15, 0.2) is 5.76 Å². The number of nitrogens with zero attached hydrogens (tertiary/aromatic N) is 1. The van der Waals surface area contributed by atoms with Crippen molar-refractivity contribution in [2.24, 2.45) is 0 Å². The van der Waals surface area contributed by atoms with Crippen molar-refractivity contribution in [3.05, 3.63) is 48.2 Å². The molecule has 1 amide bonds. The molecule has 108 valence electrons. The van der Waals surface area contributed by atoms with Crippen LogP contribution in [0.15, 0.2) is 41.1 Å². The highest BCUT2D eigenvalue weighted by molar-refractivity contribution is 5.96. The number of imidazole rings is 1. The Bertz CT molecular complexity index is 761. The average molecular weight is 284 g/mol. The van der Waals surface area contributed by atoms with Gasteiger partial charge in [-0.3, -0.25) is 4.79 Å². The zero-order valence-electron chi connectivity index (χ0n) is 11.6. The van der Waals surface area contributed by atoms with Crippen molar-refractivity contribution in [1.29, 1.82) is 0 Å². The Hall–Kier alpha value is -2.76. The lowest BCUT2D eigenvalue weighted by atomic mass is 10.2. The highest BCUT2D eigenvalue weighted by Crippen LogP contribution is 2.22. The number of nitrogens with two attached hydrogens (primary N) is 1. The number of anilines is 1. The van der Waals surface area contributed by atoms with Crippen molar-refractivity contribution in [1.82, 2.24) is 15.3 Å². The van der Waals surface area contributed by atoms with Crippen LogP contribution in [0.25, 0.3) is 11.0 Å². The van der Waals surface area contributed by atoms with E-state index >= 15 is 0 Å². The van der Waals surface area contributed by atoms with Gasteiger partial charge in [0.05, 0.1) is 6.04 Å². The maximum Gasteiger partial charge on any atom is 0.287 e. The first kappa shape index (κ1) is 13.2. The van der Waals surface area contributed by atoms with Crippen LogP contribution in [0, 0.1) is 0 Å². The standard InChI is InChI=1S/C15H16N4O2/c1-2-11(14-17-5-6-18-14)19-15(20)13-8-9-7-10(16)3-4-12(9)21-13/h3-8,11H,2,16H2,1H3,(H,17,18)(H,19,20). The van der Waals surface area contributed by atoms with Crippen LogP contribution in [0.2, 0.25) is 0 Å². The zero-order valence-corrected chi connectivity index (χ0v) is 11.6. The van der Waals surface area contributed by atoms with Crippen molar-refractivity contribution in [3.8, 4) is 0 Å². The van der Waals surface area contributed by atoms with E-state index in [4.69, 9.17) is 10.2 Å². The molecule has 4 N–H and O–H groups in total. The predicted octanol–water partition coefficient (Wildman–Crippen LogP) is 2.62. The van der Waals surface area contributed by atoms with E-state index < -0.39 is 0 Å². The van der Waals surface area contributed by atoms with E-state index in [1.165, 1.54) is 0 Å². The molecule has 2 heterocycles. The molecular formula is C15H16N4O2. The number of hydrogen-bond acceptors (Lipinski definition) is 4. The number of fused-ring (bicyclic) bond motifs is 1. The molecule has 0 bridgehead atoms. The van der Waals surface area contributed by atoms with Gasteiger partial charge in [0, 0.05) is 23.5 Å². The Morgan fingerprint density at radius 3 is 3.05 bits per heavy atom. The van der Waals surface area contributed by atoms with Gasteiger partial charge in [-0.25, -0.2) is 4.98 Å². The Balaban J connectivity index is 1.83. The molecule has 1 atom stereocenters. The third-order valence-corrected chi connectivity index (χ3v) is 3.33. The van der Waals surface area contributed by atoms with Gasteiger partial charge in [-0.1, -0.05) is 6.92 Å². The molecule has 0 fully saturated rings. The topological polar surface area (TPSA) is 96.9 Å². The molecule has 0 saturated heterocycles. The van der Waals surface area contributed by atoms with Crippen LogP contribution in [-0.4, -0.2) is 15.9 Å². The number of rotatable bonds is 4. The minimum Gasteiger partial charge on any atom is -0.451 e. The van der Waals surface area contributed by atoms with Gasteiger partial charge in [0.1, 0.15) is 11.4 Å². The summed E-state index contributed by atoms with van der Waals surface area (Å²) in [4.78, 5) is 19.5. The first-order valence-electron chi connectivity index (χ1n) is 6.76. The fourth-order valence-electron chi connectivity index (χ4n) is 2.23. The van der Waals surface area contributed by atoms with Gasteiger partial charge in [0.25, 0.3) is 5.91 Å². The number of nitrogen functional groups attached to an aromatic ring is 1. The van der Waals surface area contributed by atoms with Crippen LogP contribution in [0.3, 0.4) is 0 Å². The molecule has 6 nitrogen and oxygen atoms in total. The molecule has 0 saturated carbocycles. The molecule has 0 radical (unpaired) electrons. The number of aromatic nitrogens is 2. The number of H-pyrrole nitrogens is 1. The molecule has 21 heavy (non-hydrogen) atoms. The Kier molecular flexibility index (Phi) is 3.35. The highest BCUT2D eigenvalue weighted by atomic mass is 16.3. The Labute approximate surface area is 121 Å². The summed E-state index contributed by atoms with van der Waals surface area (Å²) in [6.07, 6.45) is 4.12. The Morgan fingerprint density at radius 1 is 1.48 bits per heavy atom. The maximum atomic E-state index is 12.3. The molecule has 1 unspecified atom stereocenters. The van der Waals surface area contributed by atoms with E-state index in [0.717, 1.165) is 17.6 Å². The van der Waals surface area contributed by atoms with Gasteiger partial charge in [0.2, 0.25) is 0 Å². The maximum absolute atomic E-state index is 12.3. The van der Waals surface area contributed by atoms with E-state index in [2.05, 4.69) is 15.3 Å². The molecular weight excluding hydrogens is 268 g/mol. The summed E-state index contributed by atoms with van der Waals surface area (Å²) in [6.45, 7) is 1.98. The fourth-order valence-corrected chi connectivity index (χ4v) is 2.23. The van der Waals surface area contributed by atoms with Gasteiger partial charge in [-0.15, -0.1) is 0 Å². The number of aromatic amines is 1. The first-order valence-corrected chi connectivity index (χ1v) is 6.76. The van der Waals surface area contributed by atoms with Crippen LogP contribution in [0.5, 0.6) is 0 Å². The van der Waals surface area contributed by atoms with Gasteiger partial charge < -0.3 is 20.5 Å². The number of carbonyl (C=O) groups excluding carboxylic acids is 1. The highest BCUT2D eigenvalue weighted by Gasteiger charge is 2.18. The van der Waals surface area contributed by atoms with Crippen molar-refractivity contribution in [2.45, 2.75) is 19.4 Å². The second-order valence-electron chi connectivity index (χ2n) is 4.82. The molecule has 6 heteroatoms. The molecule has 1 aromatic carbocycles. The quantitative estimate of drug-likeness (QED) is 0.641. The lowest BCUT2D eigenvalue weighted by Crippen LogP contribution is -2.28. The third kappa shape index (κ3) is 2.60. The van der Waals surface area contributed by atoms with Crippen molar-refractivity contribution in [3.63, 3.8) is 0 Å². The molecule has 0 aliphatic rings. The largest absolute Gasteiger partial charge is 0.451 e. The predicted molar refractivity (Wildman–Crippen MR) is 79.7 cm³/mol. The number of carbonyl (C=O) groups is 1. The number of benzene rings is 1. The summed E-state index contributed by atoms with van der Waals surface area (Å²) >= 11 is 0. The summed E-state index contributed by atoms with van der Waals surface area (Å²) < 4.78 is 5.55. The van der Waals surface area contributed by atoms with Crippen molar-refractivity contribution >= 4 is 22.6 Å². The molecule has 3 rings (SSSR count).